The van der Waals surface area contributed by atoms with Crippen molar-refractivity contribution in [2.45, 2.75) is 18.7 Å². The van der Waals surface area contributed by atoms with Gasteiger partial charge in [0.25, 0.3) is 5.91 Å². The molecule has 37 heavy (non-hydrogen) atoms. The molecule has 1 fully saturated rings. The lowest BCUT2D eigenvalue weighted by Gasteiger charge is -2.21. The average Bonchev–Trinajstić information content (AvgIpc) is 3.37. The minimum atomic E-state index is -1.22. The Morgan fingerprint density at radius 2 is 2.00 bits per heavy atom. The molecule has 4 rings (SSSR count). The van der Waals surface area contributed by atoms with Gasteiger partial charge in [-0.15, -0.1) is 0 Å². The molecular formula is C26H29N7O4. The average molecular weight is 504 g/mol. The summed E-state index contributed by atoms with van der Waals surface area (Å²) >= 11 is 0. The maximum Gasteiger partial charge on any atom is 0.269 e. The number of nitrogens with one attached hydrogen (secondary N) is 3. The van der Waals surface area contributed by atoms with E-state index in [9.17, 15) is 14.7 Å². The molecule has 2 atom stereocenters. The number of aromatic nitrogens is 2. The van der Waals surface area contributed by atoms with Crippen molar-refractivity contribution >= 4 is 29.1 Å². The zero-order valence-corrected chi connectivity index (χ0v) is 20.3. The van der Waals surface area contributed by atoms with Crippen LogP contribution in [0.4, 0.5) is 17.3 Å². The van der Waals surface area contributed by atoms with Crippen LogP contribution in [0.2, 0.25) is 0 Å². The number of aliphatic hydroxyl groups excluding tert-OH is 1. The van der Waals surface area contributed by atoms with Crippen LogP contribution in [0.5, 0.6) is 11.5 Å². The van der Waals surface area contributed by atoms with Crippen LogP contribution in [-0.4, -0.2) is 53.1 Å². The maximum atomic E-state index is 11.8. The van der Waals surface area contributed by atoms with Crippen LogP contribution in [-0.2, 0) is 4.79 Å². The second-order valence-corrected chi connectivity index (χ2v) is 8.40. The molecule has 3 heterocycles. The van der Waals surface area contributed by atoms with E-state index >= 15 is 0 Å². The van der Waals surface area contributed by atoms with E-state index in [-0.39, 0.29) is 23.6 Å². The summed E-state index contributed by atoms with van der Waals surface area (Å²) in [5.74, 6) is 1.65. The van der Waals surface area contributed by atoms with Gasteiger partial charge in [-0.05, 0) is 55.0 Å². The molecule has 192 valence electrons. The summed E-state index contributed by atoms with van der Waals surface area (Å²) in [6, 6.07) is 13.9. The number of nitrogens with zero attached hydrogens (tertiary/aromatic N) is 3. The lowest BCUT2D eigenvalue weighted by molar-refractivity contribution is -0.117. The van der Waals surface area contributed by atoms with E-state index in [0.29, 0.717) is 40.9 Å². The summed E-state index contributed by atoms with van der Waals surface area (Å²) in [4.78, 5) is 34.2. The van der Waals surface area contributed by atoms with E-state index in [2.05, 4.69) is 32.4 Å². The summed E-state index contributed by atoms with van der Waals surface area (Å²) < 4.78 is 5.85. The van der Waals surface area contributed by atoms with E-state index in [1.54, 1.807) is 48.5 Å². The Bertz CT molecular complexity index is 1280. The van der Waals surface area contributed by atoms with Gasteiger partial charge in [-0.3, -0.25) is 14.6 Å². The quantitative estimate of drug-likeness (QED) is 0.218. The van der Waals surface area contributed by atoms with Crippen LogP contribution in [0, 0.1) is 0 Å². The number of hydrogen-bond donors (Lipinski definition) is 5. The molecule has 1 unspecified atom stereocenters. The molecule has 0 aliphatic carbocycles. The van der Waals surface area contributed by atoms with Crippen LogP contribution in [0.15, 0.2) is 67.4 Å². The number of hydrogen-bond acceptors (Lipinski definition) is 9. The van der Waals surface area contributed by atoms with E-state index in [4.69, 9.17) is 15.5 Å². The highest BCUT2D eigenvalue weighted by atomic mass is 16.5. The van der Waals surface area contributed by atoms with Gasteiger partial charge < -0.3 is 36.4 Å². The third-order valence-corrected chi connectivity index (χ3v) is 5.82. The van der Waals surface area contributed by atoms with Gasteiger partial charge in [-0.1, -0.05) is 6.58 Å². The molecule has 1 aliphatic heterocycles. The fourth-order valence-corrected chi connectivity index (χ4v) is 3.93. The van der Waals surface area contributed by atoms with Gasteiger partial charge >= 0.3 is 0 Å². The molecule has 1 aliphatic rings. The van der Waals surface area contributed by atoms with E-state index in [1.807, 2.05) is 0 Å². The molecule has 2 aromatic heterocycles. The number of pyridine rings is 2. The van der Waals surface area contributed by atoms with E-state index in [0.717, 1.165) is 13.0 Å². The SMILES string of the molecule is C=CC(=O)N[C@H]1CCN(c2ccc(C(N)O)c(Nc3ccc(Oc4ccnc(C(=O)NC)c4)cc3)n2)C1. The number of carbonyl (C=O) groups excluding carboxylic acids is 2. The molecule has 6 N–H and O–H groups in total. The minimum Gasteiger partial charge on any atom is -0.457 e. The van der Waals surface area contributed by atoms with Crippen LogP contribution in [0.1, 0.15) is 28.7 Å². The number of aliphatic hydroxyl groups is 1. The fourth-order valence-electron chi connectivity index (χ4n) is 3.93. The van der Waals surface area contributed by atoms with Crippen LogP contribution < -0.4 is 31.3 Å². The smallest absolute Gasteiger partial charge is 0.269 e. The minimum absolute atomic E-state index is 0.00357. The highest BCUT2D eigenvalue weighted by Gasteiger charge is 2.25. The van der Waals surface area contributed by atoms with Crippen molar-refractivity contribution in [3.63, 3.8) is 0 Å². The summed E-state index contributed by atoms with van der Waals surface area (Å²) in [6.07, 6.45) is 2.33. The summed E-state index contributed by atoms with van der Waals surface area (Å²) in [6.45, 7) is 4.82. The van der Waals surface area contributed by atoms with Crippen molar-refractivity contribution in [2.24, 2.45) is 5.73 Å². The van der Waals surface area contributed by atoms with Gasteiger partial charge in [0.2, 0.25) is 5.91 Å². The normalized spacial score (nSPS) is 15.5. The monoisotopic (exact) mass is 503 g/mol. The first-order valence-corrected chi connectivity index (χ1v) is 11.7. The Balaban J connectivity index is 1.47. The number of benzene rings is 1. The number of amides is 2. The Morgan fingerprint density at radius 3 is 2.70 bits per heavy atom. The molecule has 3 aromatic rings. The van der Waals surface area contributed by atoms with Gasteiger partial charge in [0.15, 0.2) is 0 Å². The first-order valence-electron chi connectivity index (χ1n) is 11.7. The second-order valence-electron chi connectivity index (χ2n) is 8.40. The Labute approximate surface area is 214 Å². The van der Waals surface area contributed by atoms with Crippen molar-refractivity contribution in [1.82, 2.24) is 20.6 Å². The van der Waals surface area contributed by atoms with Gasteiger partial charge in [0.05, 0.1) is 0 Å². The number of nitrogens with two attached hydrogens (primary N) is 1. The zero-order valence-electron chi connectivity index (χ0n) is 20.3. The molecule has 1 saturated heterocycles. The van der Waals surface area contributed by atoms with Gasteiger partial charge in [0, 0.05) is 49.7 Å². The highest BCUT2D eigenvalue weighted by Crippen LogP contribution is 2.29. The lowest BCUT2D eigenvalue weighted by Crippen LogP contribution is -2.36. The van der Waals surface area contributed by atoms with Crippen LogP contribution >= 0.6 is 0 Å². The second kappa shape index (κ2) is 11.5. The Hall–Kier alpha value is -4.48. The van der Waals surface area contributed by atoms with Crippen molar-refractivity contribution in [2.75, 3.05) is 30.4 Å². The number of rotatable bonds is 9. The van der Waals surface area contributed by atoms with Crippen molar-refractivity contribution < 1.29 is 19.4 Å². The number of anilines is 3. The summed E-state index contributed by atoms with van der Waals surface area (Å²) in [5.41, 5.74) is 7.17. The molecule has 2 amide bonds. The van der Waals surface area contributed by atoms with Crippen molar-refractivity contribution in [3.05, 3.63) is 78.6 Å². The first kappa shape index (κ1) is 25.6. The molecule has 11 nitrogen and oxygen atoms in total. The third-order valence-electron chi connectivity index (χ3n) is 5.82. The molecule has 11 heteroatoms. The fraction of sp³-hybridized carbons (Fsp3) is 0.231. The molecule has 0 bridgehead atoms. The summed E-state index contributed by atoms with van der Waals surface area (Å²) in [7, 11) is 1.54. The first-order chi connectivity index (χ1) is 17.9. The van der Waals surface area contributed by atoms with Crippen molar-refractivity contribution in [1.29, 1.82) is 0 Å². The number of carbonyl (C=O) groups is 2. The Kier molecular flexibility index (Phi) is 7.96. The van der Waals surface area contributed by atoms with E-state index < -0.39 is 6.23 Å². The molecule has 0 saturated carbocycles. The predicted octanol–water partition coefficient (Wildman–Crippen LogP) is 2.20. The third kappa shape index (κ3) is 6.40. The topological polar surface area (TPSA) is 155 Å². The zero-order chi connectivity index (χ0) is 26.4. The van der Waals surface area contributed by atoms with Gasteiger partial charge in [-0.2, -0.15) is 0 Å². The van der Waals surface area contributed by atoms with Gasteiger partial charge in [-0.25, -0.2) is 4.98 Å². The number of ether oxygens (including phenoxy) is 1. The largest absolute Gasteiger partial charge is 0.457 e. The predicted molar refractivity (Wildman–Crippen MR) is 140 cm³/mol. The molecule has 0 radical (unpaired) electrons. The standard InChI is InChI=1S/C26H29N7O4/c1-3-23(34)30-17-11-13-33(15-17)22-9-8-20(24(27)35)25(32-22)31-16-4-6-18(7-5-16)37-19-10-12-29-21(14-19)26(36)28-2/h3-10,12,14,17,24,35H,1,11,13,15,27H2,2H3,(H,28,36)(H,30,34)(H,31,32)/t17-,24?/m0/s1. The molecule has 1 aromatic carbocycles. The lowest BCUT2D eigenvalue weighted by atomic mass is 10.2. The summed E-state index contributed by atoms with van der Waals surface area (Å²) in [5, 5.41) is 18.7. The maximum absolute atomic E-state index is 11.8. The van der Waals surface area contributed by atoms with Crippen LogP contribution in [0.25, 0.3) is 0 Å². The van der Waals surface area contributed by atoms with E-state index in [1.165, 1.54) is 19.3 Å². The van der Waals surface area contributed by atoms with Crippen LogP contribution in [0.3, 0.4) is 0 Å². The van der Waals surface area contributed by atoms with Crippen molar-refractivity contribution in [3.8, 4) is 11.5 Å². The van der Waals surface area contributed by atoms with Gasteiger partial charge in [0.1, 0.15) is 35.1 Å². The molecule has 0 spiro atoms. The molecular weight excluding hydrogens is 474 g/mol. The highest BCUT2D eigenvalue weighted by molar-refractivity contribution is 5.92. The Morgan fingerprint density at radius 1 is 1.22 bits per heavy atom.